The Hall–Kier alpha value is -1.20. The fourth-order valence-electron chi connectivity index (χ4n) is 0.874. The van der Waals surface area contributed by atoms with Crippen LogP contribution in [0.3, 0.4) is 0 Å². The summed E-state index contributed by atoms with van der Waals surface area (Å²) in [4.78, 5) is 24.8. The van der Waals surface area contributed by atoms with E-state index in [1.165, 1.54) is 0 Å². The Morgan fingerprint density at radius 3 is 2.53 bits per heavy atom. The van der Waals surface area contributed by atoms with Crippen LogP contribution in [0.25, 0.3) is 0 Å². The minimum absolute atomic E-state index is 0.291. The minimum atomic E-state index is -1.33. The number of carbonyl (C=O) groups is 2. The van der Waals surface area contributed by atoms with Crippen molar-refractivity contribution >= 4 is 35.0 Å². The van der Waals surface area contributed by atoms with Crippen molar-refractivity contribution in [2.75, 3.05) is 0 Å². The Bertz CT molecular complexity index is 436. The number of hydrogen-bond acceptors (Lipinski definition) is 3. The van der Waals surface area contributed by atoms with Crippen molar-refractivity contribution in [3.63, 3.8) is 0 Å². The molecule has 4 nitrogen and oxygen atoms in total. The molecule has 0 aromatic carbocycles. The summed E-state index contributed by atoms with van der Waals surface area (Å²) in [5.74, 6) is -3.07. The average molecular weight is 252 g/mol. The fourth-order valence-corrected chi connectivity index (χ4v) is 1.30. The predicted molar refractivity (Wildman–Crippen MR) is 50.8 cm³/mol. The van der Waals surface area contributed by atoms with Crippen LogP contribution in [0, 0.1) is 5.82 Å². The summed E-state index contributed by atoms with van der Waals surface area (Å²) in [5.41, 5.74) is -0.291. The highest BCUT2D eigenvalue weighted by atomic mass is 35.5. The van der Waals surface area contributed by atoms with E-state index in [0.717, 1.165) is 6.07 Å². The van der Waals surface area contributed by atoms with E-state index < -0.39 is 29.1 Å². The second-order valence-electron chi connectivity index (χ2n) is 2.59. The summed E-state index contributed by atoms with van der Waals surface area (Å²) in [6.45, 7) is 0. The normalized spacial score (nSPS) is 10.1. The molecule has 0 saturated heterocycles. The Morgan fingerprint density at radius 1 is 1.40 bits per heavy atom. The lowest BCUT2D eigenvalue weighted by molar-refractivity contribution is -0.135. The summed E-state index contributed by atoms with van der Waals surface area (Å²) < 4.78 is 12.9. The van der Waals surface area contributed by atoms with Gasteiger partial charge in [-0.15, -0.1) is 0 Å². The molecule has 1 aromatic rings. The Kier molecular flexibility index (Phi) is 3.60. The third-order valence-electron chi connectivity index (χ3n) is 1.50. The first kappa shape index (κ1) is 11.9. The van der Waals surface area contributed by atoms with Crippen molar-refractivity contribution in [1.82, 2.24) is 4.98 Å². The van der Waals surface area contributed by atoms with Gasteiger partial charge in [-0.05, 0) is 6.07 Å². The van der Waals surface area contributed by atoms with Crippen LogP contribution < -0.4 is 0 Å². The van der Waals surface area contributed by atoms with Gasteiger partial charge in [0.2, 0.25) is 0 Å². The first-order chi connectivity index (χ1) is 6.91. The molecule has 0 aliphatic heterocycles. The molecule has 0 radical (unpaired) electrons. The van der Waals surface area contributed by atoms with Gasteiger partial charge < -0.3 is 5.11 Å². The van der Waals surface area contributed by atoms with Crippen LogP contribution in [0.4, 0.5) is 4.39 Å². The number of hydrogen-bond donors (Lipinski definition) is 1. The van der Waals surface area contributed by atoms with Crippen molar-refractivity contribution < 1.29 is 19.1 Å². The van der Waals surface area contributed by atoms with Crippen molar-refractivity contribution in [3.8, 4) is 0 Å². The summed E-state index contributed by atoms with van der Waals surface area (Å²) in [7, 11) is 0. The molecule has 1 N–H and O–H groups in total. The van der Waals surface area contributed by atoms with Gasteiger partial charge in [0.05, 0.1) is 5.56 Å². The van der Waals surface area contributed by atoms with Crippen LogP contribution in [0.1, 0.15) is 16.8 Å². The van der Waals surface area contributed by atoms with Gasteiger partial charge in [-0.1, -0.05) is 23.2 Å². The molecule has 80 valence electrons. The Labute approximate surface area is 93.6 Å². The zero-order valence-electron chi connectivity index (χ0n) is 7.13. The lowest BCUT2D eigenvalue weighted by Crippen LogP contribution is -2.08. The summed E-state index contributed by atoms with van der Waals surface area (Å²) in [6, 6.07) is 0.767. The Balaban J connectivity index is 3.09. The highest BCUT2D eigenvalue weighted by Gasteiger charge is 2.17. The highest BCUT2D eigenvalue weighted by molar-refractivity contribution is 6.35. The molecule has 0 aliphatic carbocycles. The molecule has 1 aromatic heterocycles. The number of nitrogens with zero attached hydrogens (tertiary/aromatic N) is 1. The Morgan fingerprint density at radius 2 is 2.00 bits per heavy atom. The lowest BCUT2D eigenvalue weighted by atomic mass is 10.1. The quantitative estimate of drug-likeness (QED) is 0.508. The highest BCUT2D eigenvalue weighted by Crippen LogP contribution is 2.21. The third kappa shape index (κ3) is 2.87. The van der Waals surface area contributed by atoms with E-state index in [0.29, 0.717) is 0 Å². The number of halogens is 3. The zero-order chi connectivity index (χ0) is 11.6. The van der Waals surface area contributed by atoms with E-state index in [4.69, 9.17) is 28.3 Å². The molecule has 0 bridgehead atoms. The molecule has 0 unspecified atom stereocenters. The summed E-state index contributed by atoms with van der Waals surface area (Å²) in [6.07, 6.45) is -0.775. The van der Waals surface area contributed by atoms with Crippen molar-refractivity contribution in [2.24, 2.45) is 0 Å². The van der Waals surface area contributed by atoms with Gasteiger partial charge in [0.1, 0.15) is 11.6 Å². The first-order valence-corrected chi connectivity index (χ1v) is 4.44. The van der Waals surface area contributed by atoms with E-state index in [1.807, 2.05) is 0 Å². The van der Waals surface area contributed by atoms with Crippen LogP contribution in [-0.4, -0.2) is 21.8 Å². The van der Waals surface area contributed by atoms with Crippen LogP contribution in [0.2, 0.25) is 10.3 Å². The third-order valence-corrected chi connectivity index (χ3v) is 2.05. The molecule has 0 atom stereocenters. The van der Waals surface area contributed by atoms with Gasteiger partial charge in [0, 0.05) is 0 Å². The number of ketones is 1. The number of carboxylic acid groups (broad SMARTS) is 1. The topological polar surface area (TPSA) is 67.3 Å². The number of pyridine rings is 1. The molecule has 7 heteroatoms. The molecule has 15 heavy (non-hydrogen) atoms. The fraction of sp³-hybridized carbons (Fsp3) is 0.125. The SMILES string of the molecule is O=C(O)CC(=O)c1cc(F)c(Cl)nc1Cl. The molecule has 0 fully saturated rings. The van der Waals surface area contributed by atoms with Crippen LogP contribution in [0.15, 0.2) is 6.07 Å². The lowest BCUT2D eigenvalue weighted by Gasteiger charge is -2.01. The summed E-state index contributed by atoms with van der Waals surface area (Å²) >= 11 is 10.8. The van der Waals surface area contributed by atoms with Gasteiger partial charge in [-0.2, -0.15) is 0 Å². The average Bonchev–Trinajstić information content (AvgIpc) is 2.09. The predicted octanol–water partition coefficient (Wildman–Crippen LogP) is 2.18. The molecule has 0 saturated carbocycles. The number of carbonyl (C=O) groups excluding carboxylic acids is 1. The van der Waals surface area contributed by atoms with E-state index in [2.05, 4.69) is 4.98 Å². The van der Waals surface area contributed by atoms with Crippen LogP contribution in [0.5, 0.6) is 0 Å². The van der Waals surface area contributed by atoms with E-state index in [1.54, 1.807) is 0 Å². The van der Waals surface area contributed by atoms with Crippen LogP contribution >= 0.6 is 23.2 Å². The van der Waals surface area contributed by atoms with E-state index >= 15 is 0 Å². The first-order valence-electron chi connectivity index (χ1n) is 3.68. The smallest absolute Gasteiger partial charge is 0.311 e. The zero-order valence-corrected chi connectivity index (χ0v) is 8.64. The maximum absolute atomic E-state index is 12.9. The molecule has 0 aliphatic rings. The number of rotatable bonds is 3. The molecule has 1 rings (SSSR count). The van der Waals surface area contributed by atoms with Gasteiger partial charge in [0.25, 0.3) is 0 Å². The van der Waals surface area contributed by atoms with Crippen molar-refractivity contribution in [1.29, 1.82) is 0 Å². The monoisotopic (exact) mass is 251 g/mol. The van der Waals surface area contributed by atoms with Gasteiger partial charge in [0.15, 0.2) is 16.8 Å². The van der Waals surface area contributed by atoms with Crippen molar-refractivity contribution in [2.45, 2.75) is 6.42 Å². The molecular weight excluding hydrogens is 248 g/mol. The second kappa shape index (κ2) is 4.55. The molecule has 1 heterocycles. The van der Waals surface area contributed by atoms with E-state index in [9.17, 15) is 14.0 Å². The van der Waals surface area contributed by atoms with Gasteiger partial charge >= 0.3 is 5.97 Å². The number of aromatic nitrogens is 1. The number of aliphatic carboxylic acids is 1. The molecule has 0 amide bonds. The minimum Gasteiger partial charge on any atom is -0.481 e. The van der Waals surface area contributed by atoms with E-state index in [-0.39, 0.29) is 10.7 Å². The number of carboxylic acids is 1. The largest absolute Gasteiger partial charge is 0.481 e. The van der Waals surface area contributed by atoms with Crippen molar-refractivity contribution in [3.05, 3.63) is 27.8 Å². The second-order valence-corrected chi connectivity index (χ2v) is 3.31. The van der Waals surface area contributed by atoms with Gasteiger partial charge in [-0.25, -0.2) is 9.37 Å². The standard InChI is InChI=1S/C8H4Cl2FNO3/c9-7-3(5(13)2-6(14)15)1-4(11)8(10)12-7/h1H,2H2,(H,14,15). The summed E-state index contributed by atoms with van der Waals surface area (Å²) in [5, 5.41) is 7.58. The maximum atomic E-state index is 12.9. The molecular formula is C8H4Cl2FNO3. The van der Waals surface area contributed by atoms with Crippen LogP contribution in [-0.2, 0) is 4.79 Å². The van der Waals surface area contributed by atoms with Gasteiger partial charge in [-0.3, -0.25) is 9.59 Å². The number of Topliss-reactive ketones (excluding diaryl/α,β-unsaturated/α-hetero) is 1. The maximum Gasteiger partial charge on any atom is 0.311 e. The molecule has 0 spiro atoms.